The van der Waals surface area contributed by atoms with Crippen LogP contribution in [0.2, 0.25) is 0 Å². The maximum atomic E-state index is 2.76. The molecule has 0 N–H and O–H groups in total. The molecule has 0 bridgehead atoms. The molecule has 1 rings (SSSR count). The largest absolute Gasteiger partial charge is 0.348 e. The summed E-state index contributed by atoms with van der Waals surface area (Å²) in [5.41, 5.74) is 6.85. The summed E-state index contributed by atoms with van der Waals surface area (Å²) in [5, 5.41) is 0. The molecule has 0 aliphatic rings. The van der Waals surface area contributed by atoms with Crippen LogP contribution in [0, 0.1) is 0 Å². The Morgan fingerprint density at radius 1 is 0.522 bits per heavy atom. The van der Waals surface area contributed by atoms with E-state index in [1.807, 2.05) is 0 Å². The molecule has 0 fully saturated rings. The third kappa shape index (κ3) is 5.69. The van der Waals surface area contributed by atoms with Crippen LogP contribution in [0.25, 0.3) is 0 Å². The van der Waals surface area contributed by atoms with Gasteiger partial charge in [0.05, 0.1) is 0 Å². The number of unbranched alkanes of at least 4 members (excludes halogenated alkanes) is 3. The van der Waals surface area contributed by atoms with Crippen molar-refractivity contribution in [2.75, 3.05) is 0 Å². The van der Waals surface area contributed by atoms with Gasteiger partial charge in [-0.15, -0.1) is 0 Å². The molecular formula is C22H41N. The fourth-order valence-electron chi connectivity index (χ4n) is 3.94. The molecule has 23 heavy (non-hydrogen) atoms. The Kier molecular flexibility index (Phi) is 10.4. The van der Waals surface area contributed by atoms with Gasteiger partial charge in [0.25, 0.3) is 0 Å². The summed E-state index contributed by atoms with van der Waals surface area (Å²) in [6.07, 6.45) is 15.6. The molecular weight excluding hydrogens is 278 g/mol. The van der Waals surface area contributed by atoms with Gasteiger partial charge in [-0.2, -0.15) is 0 Å². The van der Waals surface area contributed by atoms with Crippen LogP contribution in [0.4, 0.5) is 0 Å². The van der Waals surface area contributed by atoms with Crippen LogP contribution in [0.3, 0.4) is 0 Å². The third-order valence-corrected chi connectivity index (χ3v) is 4.92. The summed E-state index contributed by atoms with van der Waals surface area (Å²) in [6, 6.07) is 0. The normalized spacial score (nSPS) is 11.3. The number of hydrogen-bond acceptors (Lipinski definition) is 0. The summed E-state index contributed by atoms with van der Waals surface area (Å²) in [7, 11) is 0. The van der Waals surface area contributed by atoms with Crippen molar-refractivity contribution in [1.82, 2.24) is 4.57 Å². The quantitative estimate of drug-likeness (QED) is 0.349. The Hall–Kier alpha value is -0.720. The lowest BCUT2D eigenvalue weighted by Crippen LogP contribution is -2.09. The number of nitrogens with zero attached hydrogens (tertiary/aromatic N) is 1. The lowest BCUT2D eigenvalue weighted by molar-refractivity contribution is 0.547. The molecule has 1 heteroatoms. The first kappa shape index (κ1) is 20.3. The number of hydrogen-bond donors (Lipinski definition) is 0. The van der Waals surface area contributed by atoms with Crippen LogP contribution in [0.1, 0.15) is 109 Å². The third-order valence-electron chi connectivity index (χ3n) is 4.92. The molecule has 0 unspecified atom stereocenters. The topological polar surface area (TPSA) is 4.93 Å². The highest BCUT2D eigenvalue weighted by Crippen LogP contribution is 2.29. The highest BCUT2D eigenvalue weighted by atomic mass is 15.0. The van der Waals surface area contributed by atoms with Crippen molar-refractivity contribution >= 4 is 0 Å². The minimum atomic E-state index is 1.26. The maximum Gasteiger partial charge on any atom is 0.0225 e. The fraction of sp³-hybridized carbons (Fsp3) is 0.818. The standard InChI is InChI=1S/C22H41N/c1-6-11-12-13-18-23-21(16-9-4)19(14-7-2)20(15-8-3)22(23)17-10-5/h6-18H2,1-5H3. The summed E-state index contributed by atoms with van der Waals surface area (Å²) in [6.45, 7) is 12.9. The molecule has 0 atom stereocenters. The van der Waals surface area contributed by atoms with Gasteiger partial charge in [0, 0.05) is 17.9 Å². The first-order chi connectivity index (χ1) is 11.2. The van der Waals surface area contributed by atoms with E-state index in [0.29, 0.717) is 0 Å². The Labute approximate surface area is 145 Å². The number of rotatable bonds is 13. The van der Waals surface area contributed by atoms with Gasteiger partial charge in [0.2, 0.25) is 0 Å². The zero-order chi connectivity index (χ0) is 17.1. The van der Waals surface area contributed by atoms with Crippen LogP contribution in [0.15, 0.2) is 0 Å². The van der Waals surface area contributed by atoms with Crippen LogP contribution in [0.5, 0.6) is 0 Å². The van der Waals surface area contributed by atoms with Crippen LogP contribution >= 0.6 is 0 Å². The summed E-state index contributed by atoms with van der Waals surface area (Å²) >= 11 is 0. The molecule has 0 amide bonds. The maximum absolute atomic E-state index is 2.76. The van der Waals surface area contributed by atoms with E-state index in [9.17, 15) is 0 Å². The molecule has 1 heterocycles. The lowest BCUT2D eigenvalue weighted by atomic mass is 9.97. The highest BCUT2D eigenvalue weighted by molar-refractivity contribution is 5.40. The zero-order valence-electron chi connectivity index (χ0n) is 16.6. The molecule has 0 aromatic carbocycles. The molecule has 0 spiro atoms. The fourth-order valence-corrected chi connectivity index (χ4v) is 3.94. The average Bonchev–Trinajstić information content (AvgIpc) is 2.80. The smallest absolute Gasteiger partial charge is 0.0225 e. The monoisotopic (exact) mass is 319 g/mol. The Bertz CT molecular complexity index is 394. The lowest BCUT2D eigenvalue weighted by Gasteiger charge is -2.14. The predicted molar refractivity (Wildman–Crippen MR) is 105 cm³/mol. The Morgan fingerprint density at radius 2 is 1.00 bits per heavy atom. The summed E-state index contributed by atoms with van der Waals surface area (Å²) in [4.78, 5) is 0. The first-order valence-corrected chi connectivity index (χ1v) is 10.5. The van der Waals surface area contributed by atoms with Gasteiger partial charge in [-0.1, -0.05) is 79.6 Å². The van der Waals surface area contributed by atoms with Crippen LogP contribution < -0.4 is 0 Å². The Balaban J connectivity index is 3.20. The van der Waals surface area contributed by atoms with Gasteiger partial charge in [0.1, 0.15) is 0 Å². The van der Waals surface area contributed by atoms with E-state index in [1.54, 1.807) is 22.5 Å². The van der Waals surface area contributed by atoms with E-state index in [2.05, 4.69) is 39.2 Å². The van der Waals surface area contributed by atoms with Crippen molar-refractivity contribution in [1.29, 1.82) is 0 Å². The number of aromatic nitrogens is 1. The van der Waals surface area contributed by atoms with Gasteiger partial charge in [-0.05, 0) is 43.2 Å². The highest BCUT2D eigenvalue weighted by Gasteiger charge is 2.20. The molecule has 0 saturated carbocycles. The second-order valence-corrected chi connectivity index (χ2v) is 7.06. The van der Waals surface area contributed by atoms with Crippen molar-refractivity contribution in [3.05, 3.63) is 22.5 Å². The van der Waals surface area contributed by atoms with Crippen molar-refractivity contribution in [2.45, 2.75) is 118 Å². The van der Waals surface area contributed by atoms with Gasteiger partial charge in [-0.25, -0.2) is 0 Å². The Morgan fingerprint density at radius 3 is 1.39 bits per heavy atom. The molecule has 0 radical (unpaired) electrons. The first-order valence-electron chi connectivity index (χ1n) is 10.5. The molecule has 1 aromatic heterocycles. The van der Waals surface area contributed by atoms with Gasteiger partial charge >= 0.3 is 0 Å². The zero-order valence-corrected chi connectivity index (χ0v) is 16.6. The van der Waals surface area contributed by atoms with E-state index in [1.165, 1.54) is 83.6 Å². The van der Waals surface area contributed by atoms with Crippen molar-refractivity contribution in [3.63, 3.8) is 0 Å². The molecule has 134 valence electrons. The SMILES string of the molecule is CCCCCCn1c(CCC)c(CCC)c(CCC)c1CCC. The second-order valence-electron chi connectivity index (χ2n) is 7.06. The van der Waals surface area contributed by atoms with Crippen molar-refractivity contribution in [3.8, 4) is 0 Å². The van der Waals surface area contributed by atoms with Gasteiger partial charge in [0.15, 0.2) is 0 Å². The molecule has 0 saturated heterocycles. The van der Waals surface area contributed by atoms with E-state index >= 15 is 0 Å². The van der Waals surface area contributed by atoms with E-state index < -0.39 is 0 Å². The minimum absolute atomic E-state index is 1.26. The minimum Gasteiger partial charge on any atom is -0.348 e. The second kappa shape index (κ2) is 11.8. The van der Waals surface area contributed by atoms with Crippen LogP contribution in [-0.4, -0.2) is 4.57 Å². The molecule has 1 aromatic rings. The van der Waals surface area contributed by atoms with Gasteiger partial charge < -0.3 is 4.57 Å². The van der Waals surface area contributed by atoms with Crippen molar-refractivity contribution < 1.29 is 0 Å². The van der Waals surface area contributed by atoms with E-state index in [4.69, 9.17) is 0 Å². The molecule has 1 nitrogen and oxygen atoms in total. The molecule has 0 aliphatic carbocycles. The average molecular weight is 320 g/mol. The van der Waals surface area contributed by atoms with E-state index in [-0.39, 0.29) is 0 Å². The van der Waals surface area contributed by atoms with Gasteiger partial charge in [-0.3, -0.25) is 0 Å². The van der Waals surface area contributed by atoms with Crippen LogP contribution in [-0.2, 0) is 32.2 Å². The van der Waals surface area contributed by atoms with Crippen molar-refractivity contribution in [2.24, 2.45) is 0 Å². The summed E-state index contributed by atoms with van der Waals surface area (Å²) in [5.74, 6) is 0. The summed E-state index contributed by atoms with van der Waals surface area (Å²) < 4.78 is 2.76. The predicted octanol–water partition coefficient (Wildman–Crippen LogP) is 6.88. The molecule has 0 aliphatic heterocycles. The van der Waals surface area contributed by atoms with E-state index in [0.717, 1.165) is 0 Å².